The van der Waals surface area contributed by atoms with E-state index in [-0.39, 0.29) is 71.0 Å². The number of hydrogen-bond donors (Lipinski definition) is 9. The second-order valence-electron chi connectivity index (χ2n) is 21.4. The highest BCUT2D eigenvalue weighted by Crippen LogP contribution is 2.38. The molecule has 4 bridgehead atoms. The molecule has 8 amide bonds. The number of unbranched alkanes of at least 4 members (excludes halogenated alkanes) is 1. The summed E-state index contributed by atoms with van der Waals surface area (Å²) in [4.78, 5) is 107. The molecule has 2 aliphatic heterocycles. The third-order valence-electron chi connectivity index (χ3n) is 14.5. The quantitative estimate of drug-likeness (QED) is 0.0184. The molecule has 1 saturated heterocycles. The van der Waals surface area contributed by atoms with Gasteiger partial charge in [0.15, 0.2) is 5.72 Å². The van der Waals surface area contributed by atoms with Crippen molar-refractivity contribution in [2.75, 3.05) is 55.8 Å². The fraction of sp³-hybridized carbons (Fsp3) is 0.552. The van der Waals surface area contributed by atoms with Crippen molar-refractivity contribution in [2.24, 2.45) is 23.5 Å². The number of fused-ring (bicyclic) bond motifs is 4. The molecule has 10 atom stereocenters. The summed E-state index contributed by atoms with van der Waals surface area (Å²) >= 11 is 9.99. The third-order valence-corrected chi connectivity index (χ3v) is 15.5. The Labute approximate surface area is 503 Å². The zero-order chi connectivity index (χ0) is 62.6. The number of ether oxygens (including phenoxy) is 6. The number of aliphatic hydroxyl groups is 2. The van der Waals surface area contributed by atoms with Gasteiger partial charge in [0.05, 0.1) is 44.2 Å². The second-order valence-corrected chi connectivity index (χ2v) is 22.3. The molecule has 0 radical (unpaired) electrons. The standard InChI is InChI=1S/C58H82BrClN8O16/c1-31(2)50(66-47(69)20-13-12-17-34(5)82-54(74)33(4)30-59)53(73)65-40(18-15-23-62-55(61)75)52(72)64-39-22-21-38(27-43(39)79-9)63-56(76)83-42-28-48(70)68(8)41-25-37(26-44(80-10)49(41)60)24-32(3)16-14-19-46(81-11)58(78)29-45(84-57(77)67-58)36(7)51(71)35(42)6/h14,16,19,21-22,25-27,31,34-36,40,42,45-46,50-51,71,78H,4,12-13,15,17-18,20,23-24,28-30H2,1-3,5-11H3,(H,63,76)(H,64,72)(H,65,73)(H,66,69)(H,67,77)(H3,61,62,75)/b19-14+,32-16+/t34?,35-,36-,40+,42+,45+,46-,50+,51-,58+/m1/s1. The Balaban J connectivity index is 1.57. The predicted octanol–water partition coefficient (Wildman–Crippen LogP) is 6.68. The average molecular weight is 1260 g/mol. The Morgan fingerprint density at radius 3 is 2.31 bits per heavy atom. The van der Waals surface area contributed by atoms with Crippen molar-refractivity contribution in [1.29, 1.82) is 0 Å². The molecule has 1 fully saturated rings. The number of aliphatic hydroxyl groups excluding tert-OH is 1. The number of primary amides is 1. The number of amides is 8. The highest BCUT2D eigenvalue weighted by molar-refractivity contribution is 9.09. The summed E-state index contributed by atoms with van der Waals surface area (Å²) in [6.07, 6.45) is -0.851. The molecule has 2 heterocycles. The molecule has 2 aromatic rings. The van der Waals surface area contributed by atoms with E-state index in [4.69, 9.17) is 45.8 Å². The summed E-state index contributed by atoms with van der Waals surface area (Å²) < 4.78 is 33.8. The zero-order valence-electron chi connectivity index (χ0n) is 49.3. The van der Waals surface area contributed by atoms with Crippen molar-refractivity contribution in [1.82, 2.24) is 21.3 Å². The minimum absolute atomic E-state index is 0.0174. The summed E-state index contributed by atoms with van der Waals surface area (Å²) in [5, 5.41) is 40.1. The van der Waals surface area contributed by atoms with Crippen molar-refractivity contribution in [3.63, 3.8) is 0 Å². The van der Waals surface area contributed by atoms with Gasteiger partial charge in [-0.3, -0.25) is 29.8 Å². The summed E-state index contributed by atoms with van der Waals surface area (Å²) in [6, 6.07) is 4.64. The van der Waals surface area contributed by atoms with Gasteiger partial charge in [-0.15, -0.1) is 0 Å². The van der Waals surface area contributed by atoms with E-state index in [0.29, 0.717) is 31.4 Å². The van der Waals surface area contributed by atoms with Gasteiger partial charge in [-0.25, -0.2) is 19.2 Å². The number of urea groups is 1. The molecule has 26 heteroatoms. The Hall–Kier alpha value is -6.93. The van der Waals surface area contributed by atoms with E-state index in [9.17, 15) is 48.6 Å². The van der Waals surface area contributed by atoms with E-state index >= 15 is 0 Å². The summed E-state index contributed by atoms with van der Waals surface area (Å²) in [5.74, 6) is -4.84. The fourth-order valence-electron chi connectivity index (χ4n) is 9.49. The molecule has 2 aromatic carbocycles. The Bertz CT molecular complexity index is 2750. The van der Waals surface area contributed by atoms with Gasteiger partial charge in [-0.05, 0) is 88.1 Å². The van der Waals surface area contributed by atoms with Gasteiger partial charge in [-0.1, -0.05) is 85.6 Å². The highest BCUT2D eigenvalue weighted by Gasteiger charge is 2.48. The average Bonchev–Trinajstić information content (AvgIpc) is 2.24. The first-order valence-electron chi connectivity index (χ1n) is 27.6. The monoisotopic (exact) mass is 1260 g/mol. The van der Waals surface area contributed by atoms with Crippen LogP contribution in [0, 0.1) is 17.8 Å². The number of esters is 1. The Kier molecular flexibility index (Phi) is 27.3. The van der Waals surface area contributed by atoms with Crippen LogP contribution in [0.1, 0.15) is 98.5 Å². The number of carbonyl (C=O) groups excluding carboxylic acids is 8. The van der Waals surface area contributed by atoms with Crippen molar-refractivity contribution < 1.29 is 77.0 Å². The maximum atomic E-state index is 14.4. The number of nitrogens with one attached hydrogen (secondary N) is 6. The molecule has 2 aliphatic rings. The number of benzene rings is 2. The van der Waals surface area contributed by atoms with Crippen LogP contribution in [0.4, 0.5) is 31.4 Å². The second kappa shape index (κ2) is 32.9. The smallest absolute Gasteiger partial charge is 0.411 e. The predicted molar refractivity (Wildman–Crippen MR) is 319 cm³/mol. The lowest BCUT2D eigenvalue weighted by molar-refractivity contribution is -0.152. The van der Waals surface area contributed by atoms with E-state index in [0.717, 1.165) is 11.1 Å². The van der Waals surface area contributed by atoms with Crippen LogP contribution >= 0.6 is 27.5 Å². The van der Waals surface area contributed by atoms with E-state index in [1.807, 2.05) is 6.92 Å². The van der Waals surface area contributed by atoms with Gasteiger partial charge in [0.2, 0.25) is 23.6 Å². The molecule has 84 heavy (non-hydrogen) atoms. The van der Waals surface area contributed by atoms with Crippen LogP contribution < -0.4 is 52.0 Å². The van der Waals surface area contributed by atoms with Gasteiger partial charge in [0.25, 0.3) is 0 Å². The summed E-state index contributed by atoms with van der Waals surface area (Å²) in [6.45, 7) is 14.0. The summed E-state index contributed by atoms with van der Waals surface area (Å²) in [5.41, 5.74) is 5.65. The van der Waals surface area contributed by atoms with Crippen LogP contribution in [-0.4, -0.2) is 147 Å². The molecular formula is C58H82BrClN8O16. The van der Waals surface area contributed by atoms with E-state index in [1.165, 1.54) is 51.5 Å². The number of hydrogen-bond acceptors (Lipinski definition) is 16. The normalized spacial score (nSPS) is 23.1. The number of anilines is 3. The molecule has 0 spiro atoms. The topological polar surface area (TPSA) is 334 Å². The Morgan fingerprint density at radius 2 is 1.67 bits per heavy atom. The number of nitrogens with zero attached hydrogens (tertiary/aromatic N) is 1. The van der Waals surface area contributed by atoms with Crippen LogP contribution in [-0.2, 0) is 49.3 Å². The van der Waals surface area contributed by atoms with Crippen LogP contribution in [0.15, 0.2) is 66.3 Å². The number of alkyl carbamates (subject to hydrolysis) is 1. The minimum Gasteiger partial charge on any atom is -0.495 e. The lowest BCUT2D eigenvalue weighted by Crippen LogP contribution is -2.64. The molecule has 0 aliphatic carbocycles. The molecule has 464 valence electrons. The van der Waals surface area contributed by atoms with E-state index in [2.05, 4.69) is 54.4 Å². The van der Waals surface area contributed by atoms with Gasteiger partial charge >= 0.3 is 24.2 Å². The number of halogens is 2. The van der Waals surface area contributed by atoms with Crippen LogP contribution in [0.25, 0.3) is 0 Å². The third kappa shape index (κ3) is 20.4. The maximum absolute atomic E-state index is 14.4. The fourth-order valence-corrected chi connectivity index (χ4v) is 10.0. The van der Waals surface area contributed by atoms with Crippen LogP contribution in [0.3, 0.4) is 0 Å². The molecule has 10 N–H and O–H groups in total. The minimum atomic E-state index is -1.98. The van der Waals surface area contributed by atoms with Gasteiger partial charge in [0, 0.05) is 68.0 Å². The highest BCUT2D eigenvalue weighted by atomic mass is 79.9. The first-order valence-corrected chi connectivity index (χ1v) is 29.1. The first-order chi connectivity index (χ1) is 39.6. The SMILES string of the molecule is C=C(CBr)C(=O)OC(C)CCCCC(=O)N[C@H](C(=O)N[C@@H](CCCNC(N)=O)C(=O)Nc1ccc(NC(=O)O[C@H]2CC(=O)N(C)c3cc(cc(OC)c3Cl)C/C(C)=C/C=C/[C@@H](OC)[C@@]3(O)C[C@H](OC(=O)N3)[C@@H](C)[C@H](O)[C@@H]2C)cc1OC)C(C)C. The van der Waals surface area contributed by atoms with Crippen molar-refractivity contribution in [2.45, 2.75) is 148 Å². The first kappa shape index (κ1) is 69.6. The molecule has 0 aromatic heterocycles. The van der Waals surface area contributed by atoms with Crippen molar-refractivity contribution >= 4 is 92.4 Å². The molecule has 0 saturated carbocycles. The van der Waals surface area contributed by atoms with Crippen LogP contribution in [0.2, 0.25) is 5.02 Å². The van der Waals surface area contributed by atoms with Gasteiger partial charge in [-0.2, -0.15) is 0 Å². The van der Waals surface area contributed by atoms with Crippen molar-refractivity contribution in [3.8, 4) is 11.5 Å². The van der Waals surface area contributed by atoms with E-state index in [1.54, 1.807) is 65.0 Å². The van der Waals surface area contributed by atoms with Gasteiger partial charge < -0.3 is 70.5 Å². The largest absolute Gasteiger partial charge is 0.495 e. The Morgan fingerprint density at radius 1 is 0.964 bits per heavy atom. The number of allylic oxidation sites excluding steroid dienone is 3. The molecule has 24 nitrogen and oxygen atoms in total. The number of alkyl halides is 1. The summed E-state index contributed by atoms with van der Waals surface area (Å²) in [7, 11) is 5.62. The molecule has 4 rings (SSSR count). The number of methoxy groups -OCH3 is 3. The number of nitrogens with two attached hydrogens (primary N) is 1. The zero-order valence-corrected chi connectivity index (χ0v) is 51.6. The number of carbonyl (C=O) groups is 8. The maximum Gasteiger partial charge on any atom is 0.411 e. The molecular weight excluding hydrogens is 1180 g/mol. The lowest BCUT2D eigenvalue weighted by Gasteiger charge is -2.43. The van der Waals surface area contributed by atoms with E-state index < -0.39 is 120 Å². The number of rotatable bonds is 23. The van der Waals surface area contributed by atoms with Gasteiger partial charge in [0.1, 0.15) is 46.9 Å². The lowest BCUT2D eigenvalue weighted by atomic mass is 9.81. The van der Waals surface area contributed by atoms with Crippen molar-refractivity contribution in [3.05, 3.63) is 76.9 Å². The molecule has 1 unspecified atom stereocenters. The van der Waals surface area contributed by atoms with Crippen LogP contribution in [0.5, 0.6) is 11.5 Å².